The molecule has 0 unspecified atom stereocenters. The van der Waals surface area contributed by atoms with Crippen LogP contribution in [-0.2, 0) is 6.54 Å². The summed E-state index contributed by atoms with van der Waals surface area (Å²) in [6.45, 7) is 5.86. The van der Waals surface area contributed by atoms with E-state index in [1.165, 1.54) is 5.56 Å². The second-order valence-corrected chi connectivity index (χ2v) is 7.58. The van der Waals surface area contributed by atoms with Crippen molar-refractivity contribution in [3.05, 3.63) is 65.4 Å². The molecule has 162 valence electrons. The van der Waals surface area contributed by atoms with Crippen LogP contribution in [0.1, 0.15) is 21.7 Å². The number of hydrogen-bond acceptors (Lipinski definition) is 6. The van der Waals surface area contributed by atoms with Gasteiger partial charge in [0.1, 0.15) is 17.0 Å². The lowest BCUT2D eigenvalue weighted by Gasteiger charge is -2.34. The molecule has 0 N–H and O–H groups in total. The Kier molecular flexibility index (Phi) is 6.15. The van der Waals surface area contributed by atoms with Gasteiger partial charge in [-0.15, -0.1) is 0 Å². The molecule has 31 heavy (non-hydrogen) atoms. The van der Waals surface area contributed by atoms with Gasteiger partial charge in [-0.1, -0.05) is 41.6 Å². The third-order valence-electron chi connectivity index (χ3n) is 5.63. The summed E-state index contributed by atoms with van der Waals surface area (Å²) in [7, 11) is 0. The van der Waals surface area contributed by atoms with Gasteiger partial charge in [0, 0.05) is 38.3 Å². The van der Waals surface area contributed by atoms with E-state index >= 15 is 0 Å². The van der Waals surface area contributed by atoms with E-state index in [4.69, 9.17) is 14.0 Å². The Bertz CT molecular complexity index is 1060. The Balaban J connectivity index is 0.00000231. The molecule has 0 spiro atoms. The molecule has 0 atom stereocenters. The fourth-order valence-electron chi connectivity index (χ4n) is 3.98. The number of carbonyl (C=O) groups excluding carboxylic acids is 1. The number of rotatable bonds is 4. The highest BCUT2D eigenvalue weighted by Crippen LogP contribution is 2.33. The van der Waals surface area contributed by atoms with E-state index in [-0.39, 0.29) is 25.1 Å². The topological polar surface area (TPSA) is 68.0 Å². The van der Waals surface area contributed by atoms with E-state index < -0.39 is 0 Å². The zero-order valence-electron chi connectivity index (χ0n) is 17.2. The number of hydrogen-bond donors (Lipinski definition) is 0. The summed E-state index contributed by atoms with van der Waals surface area (Å²) in [6.07, 6.45) is 0. The first-order valence-electron chi connectivity index (χ1n) is 10.1. The molecule has 0 saturated carbocycles. The van der Waals surface area contributed by atoms with Crippen molar-refractivity contribution >= 4 is 5.91 Å². The van der Waals surface area contributed by atoms with E-state index in [9.17, 15) is 4.79 Å². The van der Waals surface area contributed by atoms with Crippen molar-refractivity contribution in [1.82, 2.24) is 15.0 Å². The van der Waals surface area contributed by atoms with Gasteiger partial charge in [0.25, 0.3) is 5.91 Å². The van der Waals surface area contributed by atoms with Gasteiger partial charge in [-0.3, -0.25) is 9.69 Å². The third kappa shape index (κ3) is 4.24. The molecule has 2 aromatic carbocycles. The highest BCUT2D eigenvalue weighted by molar-refractivity contribution is 6.00. The van der Waals surface area contributed by atoms with Crippen molar-refractivity contribution in [2.75, 3.05) is 33.0 Å². The molecule has 0 aliphatic carbocycles. The molecule has 0 bridgehead atoms. The molecule has 1 amide bonds. The molecular weight excluding hydrogens is 418 g/mol. The number of aryl methyl sites for hydroxylation is 1. The monoisotopic (exact) mass is 440 g/mol. The molecule has 1 aromatic heterocycles. The van der Waals surface area contributed by atoms with Gasteiger partial charge in [0.05, 0.1) is 0 Å². The Morgan fingerprint density at radius 1 is 1.00 bits per heavy atom. The lowest BCUT2D eigenvalue weighted by atomic mass is 10.0. The summed E-state index contributed by atoms with van der Waals surface area (Å²) in [6, 6.07) is 15.7. The smallest absolute Gasteiger partial charge is 0.259 e. The molecule has 5 rings (SSSR count). The van der Waals surface area contributed by atoms with Crippen molar-refractivity contribution in [2.24, 2.45) is 0 Å². The number of benzene rings is 2. The van der Waals surface area contributed by atoms with Crippen molar-refractivity contribution in [2.45, 2.75) is 13.5 Å². The highest BCUT2D eigenvalue weighted by Gasteiger charge is 2.28. The summed E-state index contributed by atoms with van der Waals surface area (Å²) in [4.78, 5) is 17.5. The second kappa shape index (κ2) is 8.99. The second-order valence-electron chi connectivity index (χ2n) is 7.58. The van der Waals surface area contributed by atoms with Gasteiger partial charge in [0.15, 0.2) is 11.5 Å². The lowest BCUT2D eigenvalue weighted by Crippen LogP contribution is -3.00. The van der Waals surface area contributed by atoms with Crippen LogP contribution in [0.25, 0.3) is 11.3 Å². The first-order chi connectivity index (χ1) is 14.7. The number of halogens is 1. The van der Waals surface area contributed by atoms with E-state index in [2.05, 4.69) is 16.1 Å². The first-order valence-corrected chi connectivity index (χ1v) is 10.1. The zero-order chi connectivity index (χ0) is 20.5. The van der Waals surface area contributed by atoms with Gasteiger partial charge in [-0.25, -0.2) is 0 Å². The van der Waals surface area contributed by atoms with E-state index in [0.29, 0.717) is 30.1 Å². The van der Waals surface area contributed by atoms with Gasteiger partial charge in [0.2, 0.25) is 6.79 Å². The third-order valence-corrected chi connectivity index (χ3v) is 5.63. The van der Waals surface area contributed by atoms with Gasteiger partial charge >= 0.3 is 0 Å². The van der Waals surface area contributed by atoms with Crippen LogP contribution >= 0.6 is 0 Å². The largest absolute Gasteiger partial charge is 1.00 e. The van der Waals surface area contributed by atoms with Crippen molar-refractivity contribution in [3.8, 4) is 22.8 Å². The number of carbonyl (C=O) groups is 1. The van der Waals surface area contributed by atoms with Crippen LogP contribution < -0.4 is 21.9 Å². The standard InChI is InChI=1S/C23H23N3O4.ClH/c1-16-21(22(24-30-16)18-5-3-2-4-6-18)23(27)26-11-9-25(10-12-26)14-17-7-8-19-20(13-17)29-15-28-19;/h2-8,13H,9-12,14-15H2,1H3;1H/p-1. The molecule has 2 aliphatic rings. The molecule has 7 nitrogen and oxygen atoms in total. The summed E-state index contributed by atoms with van der Waals surface area (Å²) in [5.41, 5.74) is 3.24. The van der Waals surface area contributed by atoms with Crippen molar-refractivity contribution < 1.29 is 31.2 Å². The Labute approximate surface area is 186 Å². The number of amides is 1. The number of nitrogens with zero attached hydrogens (tertiary/aromatic N) is 3. The predicted molar refractivity (Wildman–Crippen MR) is 110 cm³/mol. The molecule has 0 radical (unpaired) electrons. The van der Waals surface area contributed by atoms with E-state index in [1.807, 2.05) is 47.4 Å². The first kappa shape index (κ1) is 21.2. The van der Waals surface area contributed by atoms with Crippen LogP contribution in [0.5, 0.6) is 11.5 Å². The highest BCUT2D eigenvalue weighted by atomic mass is 35.5. The van der Waals surface area contributed by atoms with Crippen molar-refractivity contribution in [3.63, 3.8) is 0 Å². The minimum absolute atomic E-state index is 0. The SMILES string of the molecule is Cc1onc(-c2ccccc2)c1C(=O)N1CCN(Cc2ccc3c(c2)OCO3)CC1.[Cl-]. The Hall–Kier alpha value is -3.03. The summed E-state index contributed by atoms with van der Waals surface area (Å²) >= 11 is 0. The Morgan fingerprint density at radius 3 is 2.52 bits per heavy atom. The minimum Gasteiger partial charge on any atom is -1.00 e. The fourth-order valence-corrected chi connectivity index (χ4v) is 3.98. The summed E-state index contributed by atoms with van der Waals surface area (Å²) in [5, 5.41) is 4.15. The average Bonchev–Trinajstić information content (AvgIpc) is 3.40. The maximum Gasteiger partial charge on any atom is 0.259 e. The van der Waals surface area contributed by atoms with Crippen molar-refractivity contribution in [1.29, 1.82) is 0 Å². The van der Waals surface area contributed by atoms with Crippen LogP contribution in [0, 0.1) is 6.92 Å². The van der Waals surface area contributed by atoms with Crippen LogP contribution in [-0.4, -0.2) is 53.8 Å². The molecule has 2 aliphatic heterocycles. The molecule has 8 heteroatoms. The van der Waals surface area contributed by atoms with Gasteiger partial charge < -0.3 is 31.3 Å². The number of fused-ring (bicyclic) bond motifs is 1. The Morgan fingerprint density at radius 2 is 1.74 bits per heavy atom. The quantitative estimate of drug-likeness (QED) is 0.583. The predicted octanol–water partition coefficient (Wildman–Crippen LogP) is 0.341. The normalized spacial score (nSPS) is 15.6. The van der Waals surface area contributed by atoms with Crippen LogP contribution in [0.3, 0.4) is 0 Å². The molecule has 3 aromatic rings. The molecule has 1 fully saturated rings. The molecule has 1 saturated heterocycles. The maximum atomic E-state index is 13.2. The number of piperazine rings is 1. The number of aromatic nitrogens is 1. The zero-order valence-corrected chi connectivity index (χ0v) is 18.0. The van der Waals surface area contributed by atoms with E-state index in [1.54, 1.807) is 6.92 Å². The lowest BCUT2D eigenvalue weighted by molar-refractivity contribution is -0.0000194. The van der Waals surface area contributed by atoms with Gasteiger partial charge in [-0.05, 0) is 24.6 Å². The summed E-state index contributed by atoms with van der Waals surface area (Å²) < 4.78 is 16.2. The minimum atomic E-state index is -0.0182. The molecule has 3 heterocycles. The average molecular weight is 441 g/mol. The van der Waals surface area contributed by atoms with Crippen LogP contribution in [0.2, 0.25) is 0 Å². The van der Waals surface area contributed by atoms with Gasteiger partial charge in [-0.2, -0.15) is 0 Å². The maximum absolute atomic E-state index is 13.2. The van der Waals surface area contributed by atoms with Crippen LogP contribution in [0.4, 0.5) is 0 Å². The number of ether oxygens (including phenoxy) is 2. The fraction of sp³-hybridized carbons (Fsp3) is 0.304. The van der Waals surface area contributed by atoms with Crippen LogP contribution in [0.15, 0.2) is 53.1 Å². The summed E-state index contributed by atoms with van der Waals surface area (Å²) in [5.74, 6) is 2.14. The van der Waals surface area contributed by atoms with E-state index in [0.717, 1.165) is 36.7 Å². The molecular formula is C23H23ClN3O4-.